The number of para-hydroxylation sites is 1. The van der Waals surface area contributed by atoms with Crippen molar-refractivity contribution in [1.82, 2.24) is 10.3 Å². The molecule has 1 aromatic heterocycles. The van der Waals surface area contributed by atoms with Gasteiger partial charge in [-0.1, -0.05) is 68.4 Å². The summed E-state index contributed by atoms with van der Waals surface area (Å²) in [5.74, 6) is -0.108. The molecule has 2 amide bonds. The van der Waals surface area contributed by atoms with Crippen molar-refractivity contribution < 1.29 is 14.3 Å². The molecule has 0 fully saturated rings. The van der Waals surface area contributed by atoms with Crippen molar-refractivity contribution in [1.29, 1.82) is 0 Å². The zero-order valence-electron chi connectivity index (χ0n) is 18.6. The van der Waals surface area contributed by atoms with Crippen LogP contribution in [0.2, 0.25) is 0 Å². The Hall–Kier alpha value is -4.00. The molecule has 33 heavy (non-hydrogen) atoms. The third-order valence-electron chi connectivity index (χ3n) is 5.13. The van der Waals surface area contributed by atoms with Crippen LogP contribution in [0.5, 0.6) is 0 Å². The predicted molar refractivity (Wildman–Crippen MR) is 127 cm³/mol. The number of hydrogen-bond donors (Lipinski definition) is 1. The van der Waals surface area contributed by atoms with Crippen LogP contribution in [0.25, 0.3) is 0 Å². The SMILES string of the molecule is CC(C)CN1C(=O)[C@H](NC(=O)OCc2ccccc2)N=C(c2ccccn2)c2ccccc21. The summed E-state index contributed by atoms with van der Waals surface area (Å²) in [5, 5.41) is 2.65. The highest BCUT2D eigenvalue weighted by Gasteiger charge is 2.33. The van der Waals surface area contributed by atoms with E-state index in [1.807, 2.05) is 86.6 Å². The number of alkyl carbamates (subject to hydrolysis) is 1. The van der Waals surface area contributed by atoms with E-state index in [9.17, 15) is 9.59 Å². The van der Waals surface area contributed by atoms with E-state index in [0.717, 1.165) is 16.8 Å². The van der Waals surface area contributed by atoms with Crippen molar-refractivity contribution >= 4 is 23.4 Å². The van der Waals surface area contributed by atoms with Crippen molar-refractivity contribution in [3.8, 4) is 0 Å². The maximum atomic E-state index is 13.6. The number of benzene rings is 2. The Morgan fingerprint density at radius 2 is 1.76 bits per heavy atom. The molecule has 0 spiro atoms. The summed E-state index contributed by atoms with van der Waals surface area (Å²) in [6, 6.07) is 22.5. The molecule has 3 aromatic rings. The fraction of sp³-hybridized carbons (Fsp3) is 0.231. The number of nitrogens with zero attached hydrogens (tertiary/aromatic N) is 3. The lowest BCUT2D eigenvalue weighted by atomic mass is 10.0. The Balaban J connectivity index is 1.67. The number of amides is 2. The average Bonchev–Trinajstić information content (AvgIpc) is 2.94. The van der Waals surface area contributed by atoms with E-state index in [1.54, 1.807) is 11.1 Å². The van der Waals surface area contributed by atoms with Gasteiger partial charge in [0.15, 0.2) is 0 Å². The molecule has 0 aliphatic carbocycles. The number of pyridine rings is 1. The first-order valence-electron chi connectivity index (χ1n) is 10.9. The van der Waals surface area contributed by atoms with E-state index in [2.05, 4.69) is 15.3 Å². The summed E-state index contributed by atoms with van der Waals surface area (Å²) in [6.45, 7) is 4.66. The fourth-order valence-electron chi connectivity index (χ4n) is 3.66. The monoisotopic (exact) mass is 442 g/mol. The summed E-state index contributed by atoms with van der Waals surface area (Å²) >= 11 is 0. The van der Waals surface area contributed by atoms with E-state index in [4.69, 9.17) is 4.74 Å². The molecule has 2 heterocycles. The zero-order valence-corrected chi connectivity index (χ0v) is 18.6. The Kier molecular flexibility index (Phi) is 6.78. The average molecular weight is 443 g/mol. The third-order valence-corrected chi connectivity index (χ3v) is 5.13. The van der Waals surface area contributed by atoms with Crippen LogP contribution >= 0.6 is 0 Å². The van der Waals surface area contributed by atoms with E-state index in [1.165, 1.54) is 0 Å². The number of nitrogens with one attached hydrogen (secondary N) is 1. The number of ether oxygens (including phenoxy) is 1. The second-order valence-electron chi connectivity index (χ2n) is 8.16. The summed E-state index contributed by atoms with van der Waals surface area (Å²) in [7, 11) is 0. The number of carbonyl (C=O) groups is 2. The Labute approximate surface area is 193 Å². The molecule has 7 heteroatoms. The third kappa shape index (κ3) is 5.26. The van der Waals surface area contributed by atoms with Gasteiger partial charge in [-0.15, -0.1) is 0 Å². The van der Waals surface area contributed by atoms with E-state index in [-0.39, 0.29) is 18.4 Å². The molecule has 7 nitrogen and oxygen atoms in total. The molecule has 1 aliphatic rings. The lowest BCUT2D eigenvalue weighted by Crippen LogP contribution is -2.48. The topological polar surface area (TPSA) is 83.9 Å². The number of hydrogen-bond acceptors (Lipinski definition) is 5. The van der Waals surface area contributed by atoms with Gasteiger partial charge in [0.25, 0.3) is 5.91 Å². The quantitative estimate of drug-likeness (QED) is 0.621. The minimum Gasteiger partial charge on any atom is -0.445 e. The maximum Gasteiger partial charge on any atom is 0.409 e. The number of rotatable bonds is 6. The molecule has 4 rings (SSSR count). The molecule has 2 aromatic carbocycles. The first-order valence-corrected chi connectivity index (χ1v) is 10.9. The minimum atomic E-state index is -1.14. The summed E-state index contributed by atoms with van der Waals surface area (Å²) in [4.78, 5) is 36.9. The highest BCUT2D eigenvalue weighted by atomic mass is 16.5. The molecule has 168 valence electrons. The molecule has 0 bridgehead atoms. The molecule has 0 unspecified atom stereocenters. The van der Waals surface area contributed by atoms with Crippen molar-refractivity contribution in [2.45, 2.75) is 26.6 Å². The summed E-state index contributed by atoms with van der Waals surface area (Å²) in [6.07, 6.45) is -0.177. The smallest absolute Gasteiger partial charge is 0.409 e. The number of benzodiazepines with no additional fused rings is 1. The number of aliphatic imine (C=N–C) groups is 1. The molecular formula is C26H26N4O3. The predicted octanol–water partition coefficient (Wildman–Crippen LogP) is 4.17. The Morgan fingerprint density at radius 1 is 1.03 bits per heavy atom. The van der Waals surface area contributed by atoms with Crippen LogP contribution in [0.1, 0.15) is 30.7 Å². The van der Waals surface area contributed by atoms with Crippen LogP contribution < -0.4 is 10.2 Å². The highest BCUT2D eigenvalue weighted by molar-refractivity contribution is 6.19. The standard InChI is InChI=1S/C26H26N4O3/c1-18(2)16-30-22-14-7-6-12-20(22)23(21-13-8-9-15-27-21)28-24(25(30)31)29-26(32)33-17-19-10-4-3-5-11-19/h3-15,18,24H,16-17H2,1-2H3,(H,29,32)/t24-/m0/s1. The molecule has 1 atom stereocenters. The first-order chi connectivity index (χ1) is 16.0. The number of carbonyl (C=O) groups excluding carboxylic acids is 2. The van der Waals surface area contributed by atoms with Gasteiger partial charge in [0, 0.05) is 18.3 Å². The van der Waals surface area contributed by atoms with Gasteiger partial charge in [0.1, 0.15) is 6.61 Å². The first kappa shape index (κ1) is 22.2. The van der Waals surface area contributed by atoms with E-state index < -0.39 is 12.3 Å². The number of aromatic nitrogens is 1. The number of fused-ring (bicyclic) bond motifs is 1. The van der Waals surface area contributed by atoms with E-state index in [0.29, 0.717) is 18.0 Å². The number of anilines is 1. The van der Waals surface area contributed by atoms with Crippen molar-refractivity contribution in [2.75, 3.05) is 11.4 Å². The van der Waals surface area contributed by atoms with Gasteiger partial charge in [0.05, 0.1) is 17.1 Å². The maximum absolute atomic E-state index is 13.6. The largest absolute Gasteiger partial charge is 0.445 e. The van der Waals surface area contributed by atoms with Gasteiger partial charge < -0.3 is 9.64 Å². The summed E-state index contributed by atoms with van der Waals surface area (Å²) < 4.78 is 5.35. The van der Waals surface area contributed by atoms with Gasteiger partial charge >= 0.3 is 6.09 Å². The second kappa shape index (κ2) is 10.1. The van der Waals surface area contributed by atoms with Crippen LogP contribution in [0, 0.1) is 5.92 Å². The Bertz CT molecular complexity index is 1150. The van der Waals surface area contributed by atoms with Gasteiger partial charge in [-0.05, 0) is 29.7 Å². The lowest BCUT2D eigenvalue weighted by molar-refractivity contribution is -0.120. The molecule has 0 saturated carbocycles. The molecule has 0 saturated heterocycles. The Morgan fingerprint density at radius 3 is 2.48 bits per heavy atom. The molecule has 1 aliphatic heterocycles. The molecular weight excluding hydrogens is 416 g/mol. The lowest BCUT2D eigenvalue weighted by Gasteiger charge is -2.27. The van der Waals surface area contributed by atoms with Crippen LogP contribution in [0.4, 0.5) is 10.5 Å². The van der Waals surface area contributed by atoms with Crippen molar-refractivity contribution in [3.63, 3.8) is 0 Å². The minimum absolute atomic E-state index is 0.0975. The van der Waals surface area contributed by atoms with Gasteiger partial charge in [-0.3, -0.25) is 15.1 Å². The van der Waals surface area contributed by atoms with Crippen LogP contribution in [-0.4, -0.2) is 35.4 Å². The molecule has 0 radical (unpaired) electrons. The van der Waals surface area contributed by atoms with Crippen molar-refractivity contribution in [3.05, 3.63) is 95.8 Å². The van der Waals surface area contributed by atoms with Gasteiger partial charge in [0.2, 0.25) is 6.17 Å². The van der Waals surface area contributed by atoms with Gasteiger partial charge in [-0.2, -0.15) is 0 Å². The highest BCUT2D eigenvalue weighted by Crippen LogP contribution is 2.28. The van der Waals surface area contributed by atoms with E-state index >= 15 is 0 Å². The molecule has 1 N–H and O–H groups in total. The normalized spacial score (nSPS) is 15.5. The van der Waals surface area contributed by atoms with Crippen LogP contribution in [0.3, 0.4) is 0 Å². The zero-order chi connectivity index (χ0) is 23.2. The fourth-order valence-corrected chi connectivity index (χ4v) is 3.66. The summed E-state index contributed by atoms with van der Waals surface area (Å²) in [5.41, 5.74) is 3.54. The second-order valence-corrected chi connectivity index (χ2v) is 8.16. The van der Waals surface area contributed by atoms with Crippen molar-refractivity contribution in [2.24, 2.45) is 10.9 Å². The van der Waals surface area contributed by atoms with Crippen LogP contribution in [-0.2, 0) is 16.1 Å². The van der Waals surface area contributed by atoms with Crippen LogP contribution in [0.15, 0.2) is 84.0 Å². The van der Waals surface area contributed by atoms with Gasteiger partial charge in [-0.25, -0.2) is 9.79 Å².